The van der Waals surface area contributed by atoms with E-state index in [1.807, 2.05) is 36.1 Å². The predicted octanol–water partition coefficient (Wildman–Crippen LogP) is 4.05. The summed E-state index contributed by atoms with van der Waals surface area (Å²) >= 11 is 0. The van der Waals surface area contributed by atoms with Gasteiger partial charge >= 0.3 is 0 Å². The highest BCUT2D eigenvalue weighted by atomic mass is 16.5. The molecule has 1 atom stereocenters. The highest BCUT2D eigenvalue weighted by molar-refractivity contribution is 5.98. The van der Waals surface area contributed by atoms with Crippen LogP contribution in [0.4, 0.5) is 0 Å². The second-order valence-electron chi connectivity index (χ2n) is 10.1. The number of H-pyrrole nitrogens is 1. The fraction of sp³-hybridized carbons (Fsp3) is 0.630. The average Bonchev–Trinajstić information content (AvgIpc) is 3.31. The number of hydrogen-bond acceptors (Lipinski definition) is 4. The van der Waals surface area contributed by atoms with Crippen molar-refractivity contribution in [3.8, 4) is 5.75 Å². The summed E-state index contributed by atoms with van der Waals surface area (Å²) in [5.41, 5.74) is 1.51. The molecule has 1 aromatic heterocycles. The number of nitrogens with one attached hydrogen (secondary N) is 2. The zero-order valence-corrected chi connectivity index (χ0v) is 20.9. The van der Waals surface area contributed by atoms with Crippen LogP contribution in [0.5, 0.6) is 5.75 Å². The minimum Gasteiger partial charge on any atom is -0.497 e. The summed E-state index contributed by atoms with van der Waals surface area (Å²) in [4.78, 5) is 33.4. The number of carbonyl (C=O) groups excluding carboxylic acids is 2. The van der Waals surface area contributed by atoms with Crippen molar-refractivity contribution < 1.29 is 14.3 Å². The van der Waals surface area contributed by atoms with Crippen LogP contribution in [0.3, 0.4) is 0 Å². The molecule has 2 aliphatic rings. The van der Waals surface area contributed by atoms with Gasteiger partial charge in [0.15, 0.2) is 0 Å². The number of piperidine rings is 1. The minimum absolute atomic E-state index is 0.0245. The molecule has 1 saturated heterocycles. The monoisotopic (exact) mass is 468 g/mol. The molecule has 0 bridgehead atoms. The van der Waals surface area contributed by atoms with Gasteiger partial charge in [-0.2, -0.15) is 0 Å². The number of benzene rings is 1. The largest absolute Gasteiger partial charge is 0.497 e. The van der Waals surface area contributed by atoms with E-state index in [0.29, 0.717) is 37.3 Å². The summed E-state index contributed by atoms with van der Waals surface area (Å²) in [5.74, 6) is 1.22. The first-order valence-corrected chi connectivity index (χ1v) is 12.9. The van der Waals surface area contributed by atoms with Gasteiger partial charge in [0.05, 0.1) is 7.11 Å². The molecular formula is C27H40N4O3. The van der Waals surface area contributed by atoms with Gasteiger partial charge < -0.3 is 24.8 Å². The van der Waals surface area contributed by atoms with Gasteiger partial charge in [-0.3, -0.25) is 9.59 Å². The second kappa shape index (κ2) is 11.3. The smallest absolute Gasteiger partial charge is 0.270 e. The summed E-state index contributed by atoms with van der Waals surface area (Å²) in [6.07, 6.45) is 8.30. The van der Waals surface area contributed by atoms with E-state index in [4.69, 9.17) is 4.74 Å². The molecule has 7 nitrogen and oxygen atoms in total. The van der Waals surface area contributed by atoms with E-state index < -0.39 is 0 Å². The van der Waals surface area contributed by atoms with Crippen LogP contribution in [0, 0.1) is 11.8 Å². The molecular weight excluding hydrogens is 428 g/mol. The molecule has 34 heavy (non-hydrogen) atoms. The molecule has 1 aliphatic heterocycles. The van der Waals surface area contributed by atoms with Crippen LogP contribution >= 0.6 is 0 Å². The Kier molecular flexibility index (Phi) is 8.14. The number of rotatable bonds is 8. The number of ether oxygens (including phenoxy) is 1. The number of hydrogen-bond donors (Lipinski definition) is 2. The summed E-state index contributed by atoms with van der Waals surface area (Å²) in [6.45, 7) is 5.02. The number of likely N-dealkylation sites (tertiary alicyclic amines) is 1. The molecule has 186 valence electrons. The summed E-state index contributed by atoms with van der Waals surface area (Å²) in [6, 6.07) is 8.34. The van der Waals surface area contributed by atoms with Crippen molar-refractivity contribution in [3.05, 3.63) is 30.0 Å². The molecule has 0 spiro atoms. The van der Waals surface area contributed by atoms with Crippen LogP contribution in [0.1, 0.15) is 62.4 Å². The van der Waals surface area contributed by atoms with E-state index in [1.54, 1.807) is 7.11 Å². The lowest BCUT2D eigenvalue weighted by Crippen LogP contribution is -2.44. The normalized spacial score (nSPS) is 18.9. The summed E-state index contributed by atoms with van der Waals surface area (Å²) in [5, 5.41) is 4.16. The van der Waals surface area contributed by atoms with E-state index in [0.717, 1.165) is 36.0 Å². The number of amides is 2. The Morgan fingerprint density at radius 3 is 2.59 bits per heavy atom. The Bertz CT molecular complexity index is 973. The van der Waals surface area contributed by atoms with Crippen LogP contribution in [-0.4, -0.2) is 73.0 Å². The molecule has 2 amide bonds. The van der Waals surface area contributed by atoms with Crippen LogP contribution in [0.2, 0.25) is 0 Å². The van der Waals surface area contributed by atoms with Crippen LogP contribution in [-0.2, 0) is 4.79 Å². The van der Waals surface area contributed by atoms with Gasteiger partial charge in [-0.15, -0.1) is 0 Å². The maximum absolute atomic E-state index is 13.0. The first-order valence-electron chi connectivity index (χ1n) is 12.9. The SMILES string of the molecule is COc1ccc2cc(C(=O)N3CCC([C@@H](C)C(=O)NCCN(C)C4CCCCC4)CC3)[nH]c2c1. The van der Waals surface area contributed by atoms with Gasteiger partial charge in [0, 0.05) is 55.1 Å². The van der Waals surface area contributed by atoms with Crippen molar-refractivity contribution in [2.24, 2.45) is 11.8 Å². The Labute approximate surface area is 203 Å². The Hall–Kier alpha value is -2.54. The average molecular weight is 469 g/mol. The van der Waals surface area contributed by atoms with Crippen molar-refractivity contribution in [1.82, 2.24) is 20.1 Å². The number of aromatic amines is 1. The minimum atomic E-state index is -0.0298. The lowest BCUT2D eigenvalue weighted by Gasteiger charge is -2.34. The third-order valence-electron chi connectivity index (χ3n) is 7.97. The third kappa shape index (κ3) is 5.74. The Morgan fingerprint density at radius 2 is 1.88 bits per heavy atom. The molecule has 1 aliphatic carbocycles. The molecule has 0 unspecified atom stereocenters. The molecule has 2 N–H and O–H groups in total. The molecule has 2 heterocycles. The third-order valence-corrected chi connectivity index (χ3v) is 7.97. The molecule has 4 rings (SSSR count). The second-order valence-corrected chi connectivity index (χ2v) is 10.1. The van der Waals surface area contributed by atoms with Gasteiger partial charge in [0.25, 0.3) is 5.91 Å². The first kappa shape index (κ1) is 24.6. The molecule has 1 aromatic carbocycles. The number of fused-ring (bicyclic) bond motifs is 1. The van der Waals surface area contributed by atoms with Crippen molar-refractivity contribution in [1.29, 1.82) is 0 Å². The highest BCUT2D eigenvalue weighted by Crippen LogP contribution is 2.27. The molecule has 2 aromatic rings. The zero-order chi connectivity index (χ0) is 24.1. The van der Waals surface area contributed by atoms with E-state index >= 15 is 0 Å². The lowest BCUT2D eigenvalue weighted by molar-refractivity contribution is -0.126. The molecule has 2 fully saturated rings. The maximum Gasteiger partial charge on any atom is 0.270 e. The maximum atomic E-state index is 13.0. The Morgan fingerprint density at radius 1 is 1.15 bits per heavy atom. The quantitative estimate of drug-likeness (QED) is 0.613. The number of likely N-dealkylation sites (N-methyl/N-ethyl adjacent to an activating group) is 1. The fourth-order valence-electron chi connectivity index (χ4n) is 5.56. The first-order chi connectivity index (χ1) is 16.5. The van der Waals surface area contributed by atoms with E-state index in [2.05, 4.69) is 22.2 Å². The van der Waals surface area contributed by atoms with Crippen molar-refractivity contribution in [2.45, 2.75) is 57.9 Å². The van der Waals surface area contributed by atoms with Crippen LogP contribution in [0.15, 0.2) is 24.3 Å². The van der Waals surface area contributed by atoms with Gasteiger partial charge in [-0.25, -0.2) is 0 Å². The van der Waals surface area contributed by atoms with Gasteiger partial charge in [0.2, 0.25) is 5.91 Å². The Balaban J connectivity index is 1.22. The number of carbonyl (C=O) groups is 2. The standard InChI is InChI=1S/C27H40N4O3/c1-19(26(32)28-13-16-30(2)22-7-5-4-6-8-22)20-11-14-31(15-12-20)27(33)25-17-21-9-10-23(34-3)18-24(21)29-25/h9-10,17-20,22,29H,4-8,11-16H2,1-3H3,(H,28,32)/t19-/m1/s1. The van der Waals surface area contributed by atoms with Gasteiger partial charge in [-0.05, 0) is 56.8 Å². The van der Waals surface area contributed by atoms with E-state index in [-0.39, 0.29) is 17.7 Å². The van der Waals surface area contributed by atoms with Crippen molar-refractivity contribution in [3.63, 3.8) is 0 Å². The van der Waals surface area contributed by atoms with E-state index in [9.17, 15) is 9.59 Å². The number of aromatic nitrogens is 1. The van der Waals surface area contributed by atoms with Gasteiger partial charge in [-0.1, -0.05) is 26.2 Å². The van der Waals surface area contributed by atoms with Crippen molar-refractivity contribution >= 4 is 22.7 Å². The number of nitrogens with zero attached hydrogens (tertiary/aromatic N) is 2. The fourth-order valence-corrected chi connectivity index (χ4v) is 5.56. The summed E-state index contributed by atoms with van der Waals surface area (Å²) < 4.78 is 5.28. The molecule has 7 heteroatoms. The molecule has 1 saturated carbocycles. The lowest BCUT2D eigenvalue weighted by atomic mass is 9.84. The highest BCUT2D eigenvalue weighted by Gasteiger charge is 2.30. The summed E-state index contributed by atoms with van der Waals surface area (Å²) in [7, 11) is 3.82. The van der Waals surface area contributed by atoms with E-state index in [1.165, 1.54) is 32.1 Å². The topological polar surface area (TPSA) is 77.7 Å². The van der Waals surface area contributed by atoms with Crippen LogP contribution < -0.4 is 10.1 Å². The van der Waals surface area contributed by atoms with Gasteiger partial charge in [0.1, 0.15) is 11.4 Å². The zero-order valence-electron chi connectivity index (χ0n) is 20.9. The number of methoxy groups -OCH3 is 1. The predicted molar refractivity (Wildman–Crippen MR) is 135 cm³/mol. The molecule has 0 radical (unpaired) electrons. The van der Waals surface area contributed by atoms with Crippen LogP contribution in [0.25, 0.3) is 10.9 Å². The van der Waals surface area contributed by atoms with Crippen molar-refractivity contribution in [2.75, 3.05) is 40.3 Å².